The van der Waals surface area contributed by atoms with Gasteiger partial charge in [-0.2, -0.15) is 0 Å². The van der Waals surface area contributed by atoms with Crippen LogP contribution in [0.2, 0.25) is 0 Å². The molecule has 0 radical (unpaired) electrons. The van der Waals surface area contributed by atoms with Gasteiger partial charge in [-0.3, -0.25) is 10.1 Å². The van der Waals surface area contributed by atoms with Crippen molar-refractivity contribution in [2.24, 2.45) is 0 Å². The van der Waals surface area contributed by atoms with Crippen LogP contribution >= 0.6 is 0 Å². The largest absolute Gasteiger partial charge is 0.444 e. The minimum absolute atomic E-state index is 0.403. The molecule has 1 N–H and O–H groups in total. The number of carbonyl (C=O) groups is 3. The van der Waals surface area contributed by atoms with Crippen LogP contribution in [0.25, 0.3) is 0 Å². The predicted molar refractivity (Wildman–Crippen MR) is 102 cm³/mol. The highest BCUT2D eigenvalue weighted by Crippen LogP contribution is 2.40. The molecule has 1 aliphatic rings. The fourth-order valence-corrected chi connectivity index (χ4v) is 2.85. The highest BCUT2D eigenvalue weighted by Gasteiger charge is 2.48. The number of benzene rings is 1. The van der Waals surface area contributed by atoms with E-state index in [1.807, 2.05) is 0 Å². The van der Waals surface area contributed by atoms with Gasteiger partial charge in [0.15, 0.2) is 0 Å². The Morgan fingerprint density at radius 1 is 1.00 bits per heavy atom. The van der Waals surface area contributed by atoms with Gasteiger partial charge >= 0.3 is 12.2 Å². The molecule has 0 spiro atoms. The van der Waals surface area contributed by atoms with Crippen molar-refractivity contribution in [3.8, 4) is 0 Å². The minimum Gasteiger partial charge on any atom is -0.444 e. The van der Waals surface area contributed by atoms with E-state index in [-0.39, 0.29) is 0 Å². The molecule has 0 aliphatic carbocycles. The van der Waals surface area contributed by atoms with Gasteiger partial charge in [-0.05, 0) is 79.2 Å². The van der Waals surface area contributed by atoms with Crippen molar-refractivity contribution in [1.82, 2.24) is 4.90 Å². The van der Waals surface area contributed by atoms with Crippen molar-refractivity contribution in [2.75, 3.05) is 5.32 Å². The molecular weight excluding hydrogens is 348 g/mol. The summed E-state index contributed by atoms with van der Waals surface area (Å²) >= 11 is 0. The van der Waals surface area contributed by atoms with Crippen molar-refractivity contribution in [3.05, 3.63) is 29.3 Å². The van der Waals surface area contributed by atoms with Gasteiger partial charge in [0.25, 0.3) is 5.91 Å². The first kappa shape index (κ1) is 20.7. The van der Waals surface area contributed by atoms with Crippen LogP contribution in [0.15, 0.2) is 18.2 Å². The van der Waals surface area contributed by atoms with Crippen molar-refractivity contribution in [1.29, 1.82) is 0 Å². The van der Waals surface area contributed by atoms with E-state index in [9.17, 15) is 14.4 Å². The summed E-state index contributed by atoms with van der Waals surface area (Å²) in [7, 11) is 0. The Kier molecular flexibility index (Phi) is 5.03. The Morgan fingerprint density at radius 3 is 2.07 bits per heavy atom. The lowest BCUT2D eigenvalue weighted by Crippen LogP contribution is -2.46. The Hall–Kier alpha value is -2.57. The van der Waals surface area contributed by atoms with E-state index < -0.39 is 34.8 Å². The molecule has 7 heteroatoms. The number of fused-ring (bicyclic) bond motifs is 1. The van der Waals surface area contributed by atoms with Gasteiger partial charge in [0.05, 0.1) is 5.54 Å². The summed E-state index contributed by atoms with van der Waals surface area (Å²) in [5, 5.41) is 2.66. The van der Waals surface area contributed by atoms with E-state index in [1.54, 1.807) is 73.6 Å². The van der Waals surface area contributed by atoms with Crippen molar-refractivity contribution < 1.29 is 23.9 Å². The van der Waals surface area contributed by atoms with E-state index in [4.69, 9.17) is 9.47 Å². The van der Waals surface area contributed by atoms with Crippen LogP contribution < -0.4 is 5.32 Å². The van der Waals surface area contributed by atoms with E-state index in [1.165, 1.54) is 0 Å². The fraction of sp³-hybridized carbons (Fsp3) is 0.550. The van der Waals surface area contributed by atoms with Gasteiger partial charge in [0.1, 0.15) is 11.2 Å². The normalized spacial score (nSPS) is 16.0. The topological polar surface area (TPSA) is 84.9 Å². The molecule has 2 rings (SSSR count). The number of ether oxygens (including phenoxy) is 2. The van der Waals surface area contributed by atoms with E-state index in [2.05, 4.69) is 5.32 Å². The Labute approximate surface area is 160 Å². The molecular formula is C20H28N2O5. The maximum atomic E-state index is 12.8. The zero-order valence-corrected chi connectivity index (χ0v) is 17.2. The molecule has 0 saturated carbocycles. The summed E-state index contributed by atoms with van der Waals surface area (Å²) < 4.78 is 10.6. The first-order valence-corrected chi connectivity index (χ1v) is 8.84. The van der Waals surface area contributed by atoms with Gasteiger partial charge in [-0.1, -0.05) is 0 Å². The number of imide groups is 1. The van der Waals surface area contributed by atoms with Crippen LogP contribution in [-0.4, -0.2) is 34.2 Å². The molecule has 1 heterocycles. The van der Waals surface area contributed by atoms with Crippen molar-refractivity contribution >= 4 is 23.8 Å². The lowest BCUT2D eigenvalue weighted by molar-refractivity contribution is 0.00932. The molecule has 1 aromatic rings. The number of hydrogen-bond acceptors (Lipinski definition) is 5. The molecule has 0 unspecified atom stereocenters. The van der Waals surface area contributed by atoms with Gasteiger partial charge in [0.2, 0.25) is 0 Å². The Bertz CT molecular complexity index is 785. The zero-order chi connectivity index (χ0) is 20.8. The standard InChI is InChI=1S/C20H28N2O5/c1-18(2,3)26-16(24)21-12-9-10-13-14(11-12)20(7,8)22(15(13)23)17(25)27-19(4,5)6/h9-11H,1-8H3,(H,21,24). The minimum atomic E-state index is -0.916. The molecule has 1 aromatic carbocycles. The number of amides is 3. The van der Waals surface area contributed by atoms with Crippen LogP contribution in [0.4, 0.5) is 15.3 Å². The average Bonchev–Trinajstić information content (AvgIpc) is 2.61. The monoisotopic (exact) mass is 376 g/mol. The molecule has 0 bridgehead atoms. The second-order valence-corrected chi connectivity index (χ2v) is 9.07. The van der Waals surface area contributed by atoms with Crippen LogP contribution in [0, 0.1) is 0 Å². The third-order valence-electron chi connectivity index (χ3n) is 3.89. The number of rotatable bonds is 1. The molecule has 0 aromatic heterocycles. The van der Waals surface area contributed by atoms with E-state index >= 15 is 0 Å². The summed E-state index contributed by atoms with van der Waals surface area (Å²) in [4.78, 5) is 38.5. The number of nitrogens with zero attached hydrogens (tertiary/aromatic N) is 1. The Balaban J connectivity index is 2.30. The van der Waals surface area contributed by atoms with Crippen LogP contribution in [0.5, 0.6) is 0 Å². The predicted octanol–water partition coefficient (Wildman–Crippen LogP) is 4.66. The van der Waals surface area contributed by atoms with Crippen LogP contribution in [0.1, 0.15) is 71.3 Å². The van der Waals surface area contributed by atoms with Gasteiger partial charge in [-0.25, -0.2) is 14.5 Å². The quantitative estimate of drug-likeness (QED) is 0.770. The summed E-state index contributed by atoms with van der Waals surface area (Å²) in [6.45, 7) is 14.1. The molecule has 7 nitrogen and oxygen atoms in total. The number of nitrogens with one attached hydrogen (secondary N) is 1. The maximum absolute atomic E-state index is 12.8. The fourth-order valence-electron chi connectivity index (χ4n) is 2.85. The average molecular weight is 376 g/mol. The number of carbonyl (C=O) groups excluding carboxylic acids is 3. The molecule has 3 amide bonds. The van der Waals surface area contributed by atoms with E-state index in [0.29, 0.717) is 16.8 Å². The second kappa shape index (κ2) is 6.55. The summed E-state index contributed by atoms with van der Waals surface area (Å²) in [6, 6.07) is 4.88. The highest BCUT2D eigenvalue weighted by atomic mass is 16.6. The van der Waals surface area contributed by atoms with Crippen LogP contribution in [0.3, 0.4) is 0 Å². The molecule has 1 aliphatic heterocycles. The lowest BCUT2D eigenvalue weighted by atomic mass is 9.93. The third-order valence-corrected chi connectivity index (χ3v) is 3.89. The molecule has 0 fully saturated rings. The van der Waals surface area contributed by atoms with Crippen molar-refractivity contribution in [2.45, 2.75) is 72.1 Å². The smallest absolute Gasteiger partial charge is 0.418 e. The van der Waals surface area contributed by atoms with Gasteiger partial charge < -0.3 is 9.47 Å². The zero-order valence-electron chi connectivity index (χ0n) is 17.2. The molecule has 0 atom stereocenters. The first-order chi connectivity index (χ1) is 12.1. The highest BCUT2D eigenvalue weighted by molar-refractivity contribution is 6.08. The molecule has 0 saturated heterocycles. The summed E-state index contributed by atoms with van der Waals surface area (Å²) in [5.41, 5.74) is -0.738. The summed E-state index contributed by atoms with van der Waals surface area (Å²) in [5.74, 6) is -0.423. The molecule has 148 valence electrons. The first-order valence-electron chi connectivity index (χ1n) is 8.84. The third kappa shape index (κ3) is 4.59. The molecule has 27 heavy (non-hydrogen) atoms. The van der Waals surface area contributed by atoms with Crippen LogP contribution in [-0.2, 0) is 15.0 Å². The van der Waals surface area contributed by atoms with Gasteiger partial charge in [-0.15, -0.1) is 0 Å². The second-order valence-electron chi connectivity index (χ2n) is 9.07. The van der Waals surface area contributed by atoms with Gasteiger partial charge in [0, 0.05) is 11.3 Å². The SMILES string of the molecule is CC(C)(C)OC(=O)Nc1ccc2c(c1)C(C)(C)N(C(=O)OC(C)(C)C)C2=O. The number of hydrogen-bond donors (Lipinski definition) is 1. The maximum Gasteiger partial charge on any atom is 0.418 e. The number of anilines is 1. The Morgan fingerprint density at radius 2 is 1.56 bits per heavy atom. The van der Waals surface area contributed by atoms with E-state index in [0.717, 1.165) is 4.90 Å². The van der Waals surface area contributed by atoms with Crippen molar-refractivity contribution in [3.63, 3.8) is 0 Å². The summed E-state index contributed by atoms with van der Waals surface area (Å²) in [6.07, 6.45) is -1.29. The lowest BCUT2D eigenvalue weighted by Gasteiger charge is -2.32.